The molecule has 8 heteroatoms. The fraction of sp³-hybridized carbons (Fsp3) is 0.167. The van der Waals surface area contributed by atoms with E-state index in [-0.39, 0.29) is 0 Å². The molecule has 102 valence electrons. The van der Waals surface area contributed by atoms with Crippen molar-refractivity contribution < 1.29 is 4.52 Å². The first-order valence-corrected chi connectivity index (χ1v) is 6.72. The van der Waals surface area contributed by atoms with Crippen LogP contribution in [0.5, 0.6) is 0 Å². The van der Waals surface area contributed by atoms with Gasteiger partial charge in [0.1, 0.15) is 6.54 Å². The molecule has 0 bridgehead atoms. The second kappa shape index (κ2) is 5.51. The zero-order valence-electron chi connectivity index (χ0n) is 10.4. The molecular weight excluding hydrogens is 324 g/mol. The van der Waals surface area contributed by atoms with Gasteiger partial charge >= 0.3 is 0 Å². The summed E-state index contributed by atoms with van der Waals surface area (Å²) < 4.78 is 7.75. The van der Waals surface area contributed by atoms with Crippen LogP contribution in [0.3, 0.4) is 0 Å². The molecule has 20 heavy (non-hydrogen) atoms. The number of hydrogen-bond donors (Lipinski definition) is 1. The molecule has 0 atom stereocenters. The standard InChI is InChI=1S/C12H11BrN6O/c13-10-4-2-1-3-9(10)12-15-11(20-17-12)7-19-6-8(5-14)16-18-19/h1-4,6H,5,7,14H2. The van der Waals surface area contributed by atoms with Crippen molar-refractivity contribution >= 4 is 15.9 Å². The molecule has 0 aliphatic carbocycles. The van der Waals surface area contributed by atoms with E-state index in [0.29, 0.717) is 24.8 Å². The van der Waals surface area contributed by atoms with Gasteiger partial charge < -0.3 is 10.3 Å². The normalized spacial score (nSPS) is 10.9. The predicted octanol–water partition coefficient (Wildman–Crippen LogP) is 1.60. The van der Waals surface area contributed by atoms with E-state index in [4.69, 9.17) is 10.3 Å². The number of rotatable bonds is 4. The van der Waals surface area contributed by atoms with Crippen LogP contribution in [0.15, 0.2) is 39.5 Å². The topological polar surface area (TPSA) is 95.7 Å². The Balaban J connectivity index is 1.82. The molecule has 0 spiro atoms. The number of nitrogens with zero attached hydrogens (tertiary/aromatic N) is 5. The summed E-state index contributed by atoms with van der Waals surface area (Å²) in [7, 11) is 0. The average molecular weight is 335 g/mol. The van der Waals surface area contributed by atoms with Gasteiger partial charge in [-0.1, -0.05) is 38.4 Å². The first kappa shape index (κ1) is 12.9. The van der Waals surface area contributed by atoms with Gasteiger partial charge in [0, 0.05) is 16.6 Å². The zero-order valence-corrected chi connectivity index (χ0v) is 12.0. The first-order chi connectivity index (χ1) is 9.76. The van der Waals surface area contributed by atoms with Crippen LogP contribution in [0, 0.1) is 0 Å². The lowest BCUT2D eigenvalue weighted by Gasteiger charge is -1.96. The molecule has 0 saturated carbocycles. The minimum atomic E-state index is 0.353. The average Bonchev–Trinajstić information content (AvgIpc) is 3.09. The smallest absolute Gasteiger partial charge is 0.248 e. The van der Waals surface area contributed by atoms with Crippen LogP contribution in [-0.4, -0.2) is 25.1 Å². The number of nitrogens with two attached hydrogens (primary N) is 1. The van der Waals surface area contributed by atoms with Crippen LogP contribution in [0.25, 0.3) is 11.4 Å². The van der Waals surface area contributed by atoms with Crippen molar-refractivity contribution in [1.82, 2.24) is 25.1 Å². The zero-order chi connectivity index (χ0) is 13.9. The van der Waals surface area contributed by atoms with Gasteiger partial charge in [-0.25, -0.2) is 4.68 Å². The van der Waals surface area contributed by atoms with E-state index in [1.165, 1.54) is 0 Å². The summed E-state index contributed by atoms with van der Waals surface area (Å²) in [5.74, 6) is 0.996. The van der Waals surface area contributed by atoms with Crippen LogP contribution in [0.4, 0.5) is 0 Å². The Morgan fingerprint density at radius 2 is 2.15 bits per heavy atom. The summed E-state index contributed by atoms with van der Waals surface area (Å²) in [5.41, 5.74) is 7.08. The quantitative estimate of drug-likeness (QED) is 0.778. The Kier molecular flexibility index (Phi) is 3.57. The van der Waals surface area contributed by atoms with Crippen molar-refractivity contribution in [2.75, 3.05) is 0 Å². The third-order valence-corrected chi connectivity index (χ3v) is 3.37. The number of aromatic nitrogens is 5. The van der Waals surface area contributed by atoms with Gasteiger partial charge in [-0.3, -0.25) is 0 Å². The van der Waals surface area contributed by atoms with E-state index in [1.54, 1.807) is 10.9 Å². The fourth-order valence-corrected chi connectivity index (χ4v) is 2.18. The van der Waals surface area contributed by atoms with Gasteiger partial charge in [0.05, 0.1) is 11.9 Å². The lowest BCUT2D eigenvalue weighted by Crippen LogP contribution is -2.00. The van der Waals surface area contributed by atoms with E-state index in [0.717, 1.165) is 15.7 Å². The lowest BCUT2D eigenvalue weighted by molar-refractivity contribution is 0.364. The molecule has 2 N–H and O–H groups in total. The Morgan fingerprint density at radius 1 is 1.30 bits per heavy atom. The minimum absolute atomic E-state index is 0.353. The molecule has 2 aromatic heterocycles. The second-order valence-corrected chi connectivity index (χ2v) is 4.96. The van der Waals surface area contributed by atoms with Crippen LogP contribution >= 0.6 is 15.9 Å². The molecule has 0 radical (unpaired) electrons. The van der Waals surface area contributed by atoms with Crippen molar-refractivity contribution in [1.29, 1.82) is 0 Å². The summed E-state index contributed by atoms with van der Waals surface area (Å²) in [6.07, 6.45) is 1.75. The van der Waals surface area contributed by atoms with Gasteiger partial charge in [0.2, 0.25) is 11.7 Å². The SMILES string of the molecule is NCc1cn(Cc2nc(-c3ccccc3Br)no2)nn1. The fourth-order valence-electron chi connectivity index (χ4n) is 1.72. The summed E-state index contributed by atoms with van der Waals surface area (Å²) in [5, 5.41) is 11.8. The third-order valence-electron chi connectivity index (χ3n) is 2.68. The monoisotopic (exact) mass is 334 g/mol. The number of halogens is 1. The van der Waals surface area contributed by atoms with Gasteiger partial charge in [0.25, 0.3) is 0 Å². The highest BCUT2D eigenvalue weighted by Crippen LogP contribution is 2.25. The van der Waals surface area contributed by atoms with Crippen molar-refractivity contribution in [3.63, 3.8) is 0 Å². The highest BCUT2D eigenvalue weighted by molar-refractivity contribution is 9.10. The summed E-state index contributed by atoms with van der Waals surface area (Å²) in [4.78, 5) is 4.34. The highest BCUT2D eigenvalue weighted by Gasteiger charge is 2.12. The van der Waals surface area contributed by atoms with Gasteiger partial charge in [-0.15, -0.1) is 5.10 Å². The largest absolute Gasteiger partial charge is 0.337 e. The van der Waals surface area contributed by atoms with Crippen LogP contribution in [0.1, 0.15) is 11.6 Å². The molecule has 0 aliphatic heterocycles. The summed E-state index contributed by atoms with van der Waals surface area (Å²) in [6, 6.07) is 7.69. The molecule has 0 aliphatic rings. The van der Waals surface area contributed by atoms with Gasteiger partial charge in [-0.05, 0) is 12.1 Å². The maximum absolute atomic E-state index is 5.48. The van der Waals surface area contributed by atoms with E-state index in [1.807, 2.05) is 24.3 Å². The van der Waals surface area contributed by atoms with E-state index in [9.17, 15) is 0 Å². The van der Waals surface area contributed by atoms with Crippen LogP contribution in [0.2, 0.25) is 0 Å². The molecule has 0 amide bonds. The molecular formula is C12H11BrN6O. The highest BCUT2D eigenvalue weighted by atomic mass is 79.9. The molecule has 1 aromatic carbocycles. The number of benzene rings is 1. The summed E-state index contributed by atoms with van der Waals surface area (Å²) in [6.45, 7) is 0.719. The Labute approximate surface area is 122 Å². The Bertz CT molecular complexity index is 722. The lowest BCUT2D eigenvalue weighted by atomic mass is 10.2. The molecule has 0 saturated heterocycles. The predicted molar refractivity (Wildman–Crippen MR) is 74.4 cm³/mol. The molecule has 2 heterocycles. The van der Waals surface area contributed by atoms with Crippen LogP contribution < -0.4 is 5.73 Å². The molecule has 3 aromatic rings. The van der Waals surface area contributed by atoms with Crippen molar-refractivity contribution in [3.05, 3.63) is 46.5 Å². The molecule has 0 fully saturated rings. The molecule has 3 rings (SSSR count). The second-order valence-electron chi connectivity index (χ2n) is 4.10. The van der Waals surface area contributed by atoms with Gasteiger partial charge in [-0.2, -0.15) is 4.98 Å². The number of hydrogen-bond acceptors (Lipinski definition) is 6. The third kappa shape index (κ3) is 2.61. The van der Waals surface area contributed by atoms with Gasteiger partial charge in [0.15, 0.2) is 0 Å². The van der Waals surface area contributed by atoms with Crippen molar-refractivity contribution in [3.8, 4) is 11.4 Å². The molecule has 7 nitrogen and oxygen atoms in total. The Morgan fingerprint density at radius 3 is 2.90 bits per heavy atom. The van der Waals surface area contributed by atoms with E-state index >= 15 is 0 Å². The van der Waals surface area contributed by atoms with Crippen molar-refractivity contribution in [2.24, 2.45) is 5.73 Å². The summed E-state index contributed by atoms with van der Waals surface area (Å²) >= 11 is 3.46. The van der Waals surface area contributed by atoms with Crippen molar-refractivity contribution in [2.45, 2.75) is 13.1 Å². The van der Waals surface area contributed by atoms with E-state index in [2.05, 4.69) is 36.4 Å². The minimum Gasteiger partial charge on any atom is -0.337 e. The van der Waals surface area contributed by atoms with Crippen LogP contribution in [-0.2, 0) is 13.1 Å². The molecule has 0 unspecified atom stereocenters. The first-order valence-electron chi connectivity index (χ1n) is 5.93. The maximum atomic E-state index is 5.48. The van der Waals surface area contributed by atoms with E-state index < -0.39 is 0 Å². The Hall–Kier alpha value is -2.06. The maximum Gasteiger partial charge on any atom is 0.248 e.